The molecule has 0 aromatic heterocycles. The highest BCUT2D eigenvalue weighted by molar-refractivity contribution is 6.07. The molecule has 8 heteroatoms. The normalized spacial score (nSPS) is 26.2. The molecular formula is C27H37FN4O3. The summed E-state index contributed by atoms with van der Waals surface area (Å²) in [6.07, 6.45) is 8.66. The maximum Gasteiger partial charge on any atom is 0.325 e. The first-order valence-corrected chi connectivity index (χ1v) is 12.9. The molecule has 4 rings (SSSR count). The maximum atomic E-state index is 13.8. The maximum absolute atomic E-state index is 13.8. The van der Waals surface area contributed by atoms with Crippen molar-refractivity contribution in [2.24, 2.45) is 5.92 Å². The van der Waals surface area contributed by atoms with E-state index < -0.39 is 5.54 Å². The predicted octanol–water partition coefficient (Wildman–Crippen LogP) is 3.65. The Labute approximate surface area is 207 Å². The quantitative estimate of drug-likeness (QED) is 0.452. The summed E-state index contributed by atoms with van der Waals surface area (Å²) in [5, 5.41) is 3.09. The fraction of sp³-hybridized carbons (Fsp3) is 0.593. The van der Waals surface area contributed by atoms with Crippen LogP contribution >= 0.6 is 0 Å². The number of piperidine rings is 1. The van der Waals surface area contributed by atoms with E-state index in [4.69, 9.17) is 0 Å². The molecule has 1 aromatic rings. The molecule has 3 fully saturated rings. The molecule has 4 amide bonds. The van der Waals surface area contributed by atoms with Crippen LogP contribution in [0.4, 0.5) is 9.18 Å². The lowest BCUT2D eigenvalue weighted by molar-refractivity contribution is -0.135. The van der Waals surface area contributed by atoms with Crippen LogP contribution in [0.2, 0.25) is 0 Å². The van der Waals surface area contributed by atoms with Crippen molar-refractivity contribution in [2.45, 2.75) is 63.5 Å². The van der Waals surface area contributed by atoms with Gasteiger partial charge in [0.2, 0.25) is 5.91 Å². The number of nitrogens with zero attached hydrogens (tertiary/aromatic N) is 3. The van der Waals surface area contributed by atoms with E-state index in [0.29, 0.717) is 50.5 Å². The molecule has 0 radical (unpaired) electrons. The third kappa shape index (κ3) is 5.27. The van der Waals surface area contributed by atoms with Crippen molar-refractivity contribution in [3.63, 3.8) is 0 Å². The van der Waals surface area contributed by atoms with E-state index in [1.165, 1.54) is 23.1 Å². The van der Waals surface area contributed by atoms with Gasteiger partial charge in [0.25, 0.3) is 5.91 Å². The number of benzene rings is 1. The molecule has 0 spiro atoms. The highest BCUT2D eigenvalue weighted by Gasteiger charge is 2.55. The Kier molecular flexibility index (Phi) is 7.89. The van der Waals surface area contributed by atoms with Crippen LogP contribution in [-0.4, -0.2) is 77.4 Å². The Hall–Kier alpha value is -2.74. The number of imide groups is 1. The molecule has 0 unspecified atom stereocenters. The van der Waals surface area contributed by atoms with Crippen LogP contribution in [0.3, 0.4) is 0 Å². The lowest BCUT2D eigenvalue weighted by Crippen LogP contribution is -2.56. The third-order valence-electron chi connectivity index (χ3n) is 8.02. The van der Waals surface area contributed by atoms with E-state index in [2.05, 4.69) is 17.3 Å². The van der Waals surface area contributed by atoms with Crippen LogP contribution in [0, 0.1) is 11.7 Å². The van der Waals surface area contributed by atoms with Crippen molar-refractivity contribution in [3.8, 4) is 0 Å². The molecule has 7 nitrogen and oxygen atoms in total. The molecule has 3 heterocycles. The smallest absolute Gasteiger partial charge is 0.325 e. The van der Waals surface area contributed by atoms with Crippen LogP contribution in [0.15, 0.2) is 30.3 Å². The molecule has 2 atom stereocenters. The van der Waals surface area contributed by atoms with Gasteiger partial charge in [-0.05, 0) is 70.2 Å². The Morgan fingerprint density at radius 2 is 1.91 bits per heavy atom. The molecule has 3 saturated heterocycles. The van der Waals surface area contributed by atoms with E-state index in [1.807, 2.05) is 6.92 Å². The predicted molar refractivity (Wildman–Crippen MR) is 133 cm³/mol. The SMILES string of the molecule is CCC[C@]1(C2CCN(C(=O)/C=C/c3ccccc3F)CC2)NC(=O)N(CC[C@H]2CCCN2C)C1=O. The van der Waals surface area contributed by atoms with Gasteiger partial charge in [-0.15, -0.1) is 0 Å². The average molecular weight is 485 g/mol. The van der Waals surface area contributed by atoms with Crippen molar-refractivity contribution < 1.29 is 18.8 Å². The molecule has 0 saturated carbocycles. The summed E-state index contributed by atoms with van der Waals surface area (Å²) in [7, 11) is 2.10. The second-order valence-corrected chi connectivity index (χ2v) is 10.1. The minimum Gasteiger partial charge on any atom is -0.339 e. The Balaban J connectivity index is 1.38. The van der Waals surface area contributed by atoms with Gasteiger partial charge >= 0.3 is 6.03 Å². The highest BCUT2D eigenvalue weighted by Crippen LogP contribution is 2.37. The summed E-state index contributed by atoms with van der Waals surface area (Å²) in [6.45, 7) is 4.56. The van der Waals surface area contributed by atoms with Crippen molar-refractivity contribution in [3.05, 3.63) is 41.7 Å². The van der Waals surface area contributed by atoms with Gasteiger partial charge < -0.3 is 15.1 Å². The molecule has 0 bridgehead atoms. The van der Waals surface area contributed by atoms with E-state index in [0.717, 1.165) is 32.2 Å². The van der Waals surface area contributed by atoms with Gasteiger partial charge in [0.05, 0.1) is 0 Å². The topological polar surface area (TPSA) is 73.0 Å². The van der Waals surface area contributed by atoms with Gasteiger partial charge in [-0.1, -0.05) is 31.5 Å². The fourth-order valence-electron chi connectivity index (χ4n) is 5.98. The van der Waals surface area contributed by atoms with Gasteiger partial charge in [-0.3, -0.25) is 14.5 Å². The van der Waals surface area contributed by atoms with Crippen LogP contribution in [0.25, 0.3) is 6.08 Å². The summed E-state index contributed by atoms with van der Waals surface area (Å²) in [5.41, 5.74) is -0.508. The number of hydrogen-bond acceptors (Lipinski definition) is 4. The molecular weight excluding hydrogens is 447 g/mol. The van der Waals surface area contributed by atoms with E-state index in [1.54, 1.807) is 23.1 Å². The minimum atomic E-state index is -0.883. The Morgan fingerprint density at radius 3 is 2.57 bits per heavy atom. The van der Waals surface area contributed by atoms with Crippen LogP contribution in [0.1, 0.15) is 57.4 Å². The third-order valence-corrected chi connectivity index (χ3v) is 8.02. The van der Waals surface area contributed by atoms with Crippen molar-refractivity contribution in [1.29, 1.82) is 0 Å². The zero-order chi connectivity index (χ0) is 25.0. The summed E-state index contributed by atoms with van der Waals surface area (Å²) in [5.74, 6) is -0.649. The second-order valence-electron chi connectivity index (χ2n) is 10.1. The van der Waals surface area contributed by atoms with Crippen LogP contribution in [0.5, 0.6) is 0 Å². The van der Waals surface area contributed by atoms with Crippen molar-refractivity contribution in [1.82, 2.24) is 20.0 Å². The summed E-state index contributed by atoms with van der Waals surface area (Å²) < 4.78 is 13.8. The van der Waals surface area contributed by atoms with Gasteiger partial charge in [-0.2, -0.15) is 0 Å². The largest absolute Gasteiger partial charge is 0.339 e. The molecule has 3 aliphatic rings. The van der Waals surface area contributed by atoms with Crippen LogP contribution in [-0.2, 0) is 9.59 Å². The van der Waals surface area contributed by atoms with Crippen molar-refractivity contribution >= 4 is 23.9 Å². The number of amides is 4. The standard InChI is InChI=1S/C27H37FN4O3/c1-3-15-27(25(34)32(26(35)29-27)19-14-22-8-6-16-30(22)2)21-12-17-31(18-13-21)24(33)11-10-20-7-4-5-9-23(20)28/h4-5,7,9-11,21-22H,3,6,8,12-19H2,1-2H3,(H,29,35)/b11-10+/t22-,27-/m1/s1. The monoisotopic (exact) mass is 484 g/mol. The van der Waals surface area contributed by atoms with Gasteiger partial charge in [0, 0.05) is 37.3 Å². The van der Waals surface area contributed by atoms with Gasteiger partial charge in [0.1, 0.15) is 11.4 Å². The first-order chi connectivity index (χ1) is 16.9. The molecule has 0 aliphatic carbocycles. The van der Waals surface area contributed by atoms with Gasteiger partial charge in [0.15, 0.2) is 0 Å². The lowest BCUT2D eigenvalue weighted by atomic mass is 9.74. The number of likely N-dealkylation sites (tertiary alicyclic amines) is 2. The van der Waals surface area contributed by atoms with Crippen LogP contribution < -0.4 is 5.32 Å². The number of nitrogens with one attached hydrogen (secondary N) is 1. The van der Waals surface area contributed by atoms with E-state index in [9.17, 15) is 18.8 Å². The minimum absolute atomic E-state index is 0.0161. The Morgan fingerprint density at radius 1 is 1.17 bits per heavy atom. The number of rotatable bonds is 8. The van der Waals surface area contributed by atoms with Crippen molar-refractivity contribution in [2.75, 3.05) is 33.2 Å². The van der Waals surface area contributed by atoms with E-state index in [-0.39, 0.29) is 29.6 Å². The zero-order valence-corrected chi connectivity index (χ0v) is 20.8. The first-order valence-electron chi connectivity index (χ1n) is 12.9. The summed E-state index contributed by atoms with van der Waals surface area (Å²) >= 11 is 0. The average Bonchev–Trinajstić information content (AvgIpc) is 3.37. The molecule has 190 valence electrons. The first kappa shape index (κ1) is 25.4. The number of hydrogen-bond donors (Lipinski definition) is 1. The molecule has 3 aliphatic heterocycles. The summed E-state index contributed by atoms with van der Waals surface area (Å²) in [4.78, 5) is 44.7. The molecule has 1 N–H and O–H groups in total. The molecule has 35 heavy (non-hydrogen) atoms. The van der Waals surface area contributed by atoms with E-state index >= 15 is 0 Å². The number of urea groups is 1. The summed E-state index contributed by atoms with van der Waals surface area (Å²) in [6, 6.07) is 6.48. The lowest BCUT2D eigenvalue weighted by Gasteiger charge is -2.40. The second kappa shape index (κ2) is 10.9. The number of carbonyl (C=O) groups excluding carboxylic acids is 3. The number of carbonyl (C=O) groups is 3. The Bertz CT molecular complexity index is 975. The fourth-order valence-corrected chi connectivity index (χ4v) is 5.98. The van der Waals surface area contributed by atoms with Gasteiger partial charge in [-0.25, -0.2) is 9.18 Å². The number of halogens is 1. The zero-order valence-electron chi connectivity index (χ0n) is 20.8. The molecule has 1 aromatic carbocycles. The highest BCUT2D eigenvalue weighted by atomic mass is 19.1.